The fourth-order valence-electron chi connectivity index (χ4n) is 3.27. The number of anilines is 1. The predicted octanol–water partition coefficient (Wildman–Crippen LogP) is 1.94. The van der Waals surface area contributed by atoms with Gasteiger partial charge in [0.05, 0.1) is 12.0 Å². The quantitative estimate of drug-likeness (QED) is 0.869. The zero-order valence-corrected chi connectivity index (χ0v) is 12.9. The predicted molar refractivity (Wildman–Crippen MR) is 84.3 cm³/mol. The Kier molecular flexibility index (Phi) is 4.07. The van der Waals surface area contributed by atoms with Crippen molar-refractivity contribution >= 4 is 23.5 Å². The van der Waals surface area contributed by atoms with Gasteiger partial charge >= 0.3 is 5.97 Å². The summed E-state index contributed by atoms with van der Waals surface area (Å²) < 4.78 is 0. The van der Waals surface area contributed by atoms with Crippen LogP contribution in [0.25, 0.3) is 0 Å². The number of nitrogens with one attached hydrogen (secondary N) is 1. The third kappa shape index (κ3) is 3.21. The SMILES string of the molecule is O=C(O)CC1(NC(=O)c2ccc(N3CCCC3=O)cc2)CCC1. The molecule has 0 atom stereocenters. The summed E-state index contributed by atoms with van der Waals surface area (Å²) in [4.78, 5) is 36.7. The molecule has 1 aromatic rings. The highest BCUT2D eigenvalue weighted by Crippen LogP contribution is 2.35. The van der Waals surface area contributed by atoms with E-state index in [0.29, 0.717) is 31.4 Å². The van der Waals surface area contributed by atoms with Gasteiger partial charge in [0.15, 0.2) is 0 Å². The van der Waals surface area contributed by atoms with Crippen LogP contribution in [0.3, 0.4) is 0 Å². The van der Waals surface area contributed by atoms with Crippen molar-refractivity contribution in [3.05, 3.63) is 29.8 Å². The molecule has 1 saturated carbocycles. The lowest BCUT2D eigenvalue weighted by Crippen LogP contribution is -2.54. The minimum absolute atomic E-state index is 0.0426. The number of carbonyl (C=O) groups is 3. The molecule has 6 heteroatoms. The summed E-state index contributed by atoms with van der Waals surface area (Å²) in [5.74, 6) is -1.05. The average molecular weight is 316 g/mol. The van der Waals surface area contributed by atoms with Gasteiger partial charge in [-0.15, -0.1) is 0 Å². The smallest absolute Gasteiger partial charge is 0.305 e. The molecule has 0 spiro atoms. The van der Waals surface area contributed by atoms with Gasteiger partial charge in [-0.2, -0.15) is 0 Å². The van der Waals surface area contributed by atoms with Gasteiger partial charge in [0, 0.05) is 24.2 Å². The first-order valence-electron chi connectivity index (χ1n) is 7.94. The molecule has 2 aliphatic rings. The first-order valence-corrected chi connectivity index (χ1v) is 7.94. The van der Waals surface area contributed by atoms with Gasteiger partial charge in [0.1, 0.15) is 0 Å². The molecule has 2 amide bonds. The second-order valence-electron chi connectivity index (χ2n) is 6.35. The molecule has 1 heterocycles. The zero-order valence-electron chi connectivity index (χ0n) is 12.9. The Morgan fingerprint density at radius 3 is 2.35 bits per heavy atom. The third-order valence-corrected chi connectivity index (χ3v) is 4.69. The normalized spacial score (nSPS) is 19.3. The number of carboxylic acid groups (broad SMARTS) is 1. The van der Waals surface area contributed by atoms with Crippen molar-refractivity contribution in [1.29, 1.82) is 0 Å². The van der Waals surface area contributed by atoms with Gasteiger partial charge < -0.3 is 15.3 Å². The van der Waals surface area contributed by atoms with Crippen LogP contribution in [0.2, 0.25) is 0 Å². The van der Waals surface area contributed by atoms with Crippen molar-refractivity contribution < 1.29 is 19.5 Å². The second-order valence-corrected chi connectivity index (χ2v) is 6.35. The molecule has 0 aromatic heterocycles. The van der Waals surface area contributed by atoms with Crippen LogP contribution in [0.1, 0.15) is 48.9 Å². The summed E-state index contributed by atoms with van der Waals surface area (Å²) in [6.07, 6.45) is 3.72. The van der Waals surface area contributed by atoms with E-state index < -0.39 is 11.5 Å². The average Bonchev–Trinajstić information content (AvgIpc) is 2.90. The van der Waals surface area contributed by atoms with E-state index in [-0.39, 0.29) is 18.2 Å². The number of hydrogen-bond donors (Lipinski definition) is 2. The van der Waals surface area contributed by atoms with Crippen molar-refractivity contribution in [3.63, 3.8) is 0 Å². The lowest BCUT2D eigenvalue weighted by molar-refractivity contribution is -0.139. The number of benzene rings is 1. The van der Waals surface area contributed by atoms with Gasteiger partial charge in [-0.1, -0.05) is 0 Å². The Bertz CT molecular complexity index is 634. The van der Waals surface area contributed by atoms with E-state index in [1.54, 1.807) is 29.2 Å². The van der Waals surface area contributed by atoms with Crippen LogP contribution in [0.5, 0.6) is 0 Å². The molecule has 0 unspecified atom stereocenters. The van der Waals surface area contributed by atoms with Crippen LogP contribution in [0.15, 0.2) is 24.3 Å². The Morgan fingerprint density at radius 2 is 1.87 bits per heavy atom. The van der Waals surface area contributed by atoms with Crippen LogP contribution in [-0.4, -0.2) is 35.0 Å². The number of aliphatic carboxylic acids is 1. The van der Waals surface area contributed by atoms with Gasteiger partial charge in [-0.05, 0) is 49.9 Å². The van der Waals surface area contributed by atoms with Crippen LogP contribution in [0, 0.1) is 0 Å². The van der Waals surface area contributed by atoms with Gasteiger partial charge in [0.25, 0.3) is 5.91 Å². The molecule has 3 rings (SSSR count). The monoisotopic (exact) mass is 316 g/mol. The van der Waals surface area contributed by atoms with Crippen LogP contribution in [0.4, 0.5) is 5.69 Å². The Balaban J connectivity index is 1.68. The van der Waals surface area contributed by atoms with Crippen LogP contribution < -0.4 is 10.2 Å². The van der Waals surface area contributed by atoms with Crippen molar-refractivity contribution in [1.82, 2.24) is 5.32 Å². The summed E-state index contributed by atoms with van der Waals surface area (Å²) in [5, 5.41) is 11.9. The molecular formula is C17H20N2O4. The summed E-state index contributed by atoms with van der Waals surface area (Å²) in [6.45, 7) is 0.714. The van der Waals surface area contributed by atoms with Gasteiger partial charge in [-0.3, -0.25) is 14.4 Å². The largest absolute Gasteiger partial charge is 0.481 e. The first kappa shape index (κ1) is 15.5. The molecule has 1 aliphatic carbocycles. The maximum absolute atomic E-state index is 12.3. The number of nitrogens with zero attached hydrogens (tertiary/aromatic N) is 1. The first-order chi connectivity index (χ1) is 11.0. The van der Waals surface area contributed by atoms with Crippen molar-refractivity contribution in [2.75, 3.05) is 11.4 Å². The number of amides is 2. The Hall–Kier alpha value is -2.37. The summed E-state index contributed by atoms with van der Waals surface area (Å²) in [5.41, 5.74) is 0.678. The highest BCUT2D eigenvalue weighted by molar-refractivity contribution is 5.98. The highest BCUT2D eigenvalue weighted by Gasteiger charge is 2.40. The zero-order chi connectivity index (χ0) is 16.4. The summed E-state index contributed by atoms with van der Waals surface area (Å²) in [7, 11) is 0. The lowest BCUT2D eigenvalue weighted by Gasteiger charge is -2.41. The minimum Gasteiger partial charge on any atom is -0.481 e. The molecule has 1 saturated heterocycles. The Morgan fingerprint density at radius 1 is 1.17 bits per heavy atom. The highest BCUT2D eigenvalue weighted by atomic mass is 16.4. The topological polar surface area (TPSA) is 86.7 Å². The summed E-state index contributed by atoms with van der Waals surface area (Å²) in [6, 6.07) is 6.90. The molecule has 2 N–H and O–H groups in total. The fourth-order valence-corrected chi connectivity index (χ4v) is 3.27. The van der Waals surface area contributed by atoms with E-state index in [9.17, 15) is 14.4 Å². The van der Waals surface area contributed by atoms with Crippen LogP contribution in [-0.2, 0) is 9.59 Å². The van der Waals surface area contributed by atoms with E-state index in [1.807, 2.05) is 0 Å². The molecule has 0 radical (unpaired) electrons. The van der Waals surface area contributed by atoms with Crippen molar-refractivity contribution in [3.8, 4) is 0 Å². The number of rotatable bonds is 5. The molecule has 0 bridgehead atoms. The second kappa shape index (κ2) is 6.02. The Labute approximate surface area is 134 Å². The molecule has 1 aliphatic heterocycles. The van der Waals surface area contributed by atoms with Gasteiger partial charge in [0.2, 0.25) is 5.91 Å². The van der Waals surface area contributed by atoms with Crippen LogP contribution >= 0.6 is 0 Å². The van der Waals surface area contributed by atoms with Crippen molar-refractivity contribution in [2.45, 2.75) is 44.1 Å². The van der Waals surface area contributed by atoms with E-state index in [0.717, 1.165) is 18.5 Å². The number of carbonyl (C=O) groups excluding carboxylic acids is 2. The molecule has 6 nitrogen and oxygen atoms in total. The van der Waals surface area contributed by atoms with E-state index >= 15 is 0 Å². The summed E-state index contributed by atoms with van der Waals surface area (Å²) >= 11 is 0. The minimum atomic E-state index is -0.895. The molecular weight excluding hydrogens is 296 g/mol. The molecule has 2 fully saturated rings. The van der Waals surface area contributed by atoms with Gasteiger partial charge in [-0.25, -0.2) is 0 Å². The fraction of sp³-hybridized carbons (Fsp3) is 0.471. The lowest BCUT2D eigenvalue weighted by atomic mass is 9.74. The maximum atomic E-state index is 12.3. The number of hydrogen-bond acceptors (Lipinski definition) is 3. The maximum Gasteiger partial charge on any atom is 0.305 e. The standard InChI is InChI=1S/C17H20N2O4/c20-14-3-1-10-19(14)13-6-4-12(5-7-13)16(23)18-17(8-2-9-17)11-15(21)22/h4-7H,1-3,8-11H2,(H,18,23)(H,21,22). The van der Waals surface area contributed by atoms with Crippen molar-refractivity contribution in [2.24, 2.45) is 0 Å². The third-order valence-electron chi connectivity index (χ3n) is 4.69. The number of carboxylic acids is 1. The molecule has 23 heavy (non-hydrogen) atoms. The molecule has 1 aromatic carbocycles. The van der Waals surface area contributed by atoms with E-state index in [2.05, 4.69) is 5.32 Å². The molecule has 122 valence electrons. The van der Waals surface area contributed by atoms with E-state index in [1.165, 1.54) is 0 Å². The van der Waals surface area contributed by atoms with E-state index in [4.69, 9.17) is 5.11 Å².